The number of furan rings is 1. The highest BCUT2D eigenvalue weighted by Crippen LogP contribution is 2.38. The van der Waals surface area contributed by atoms with Crippen molar-refractivity contribution in [2.75, 3.05) is 15.5 Å². The van der Waals surface area contributed by atoms with E-state index in [0.717, 1.165) is 22.2 Å². The third kappa shape index (κ3) is 5.17. The van der Waals surface area contributed by atoms with Gasteiger partial charge in [-0.1, -0.05) is 29.5 Å². The fourth-order valence-electron chi connectivity index (χ4n) is 3.65. The molecule has 37 heavy (non-hydrogen) atoms. The number of nitrogens with zero attached hydrogens (tertiary/aromatic N) is 1. The fraction of sp³-hybridized carbons (Fsp3) is 0.0357. The monoisotopic (exact) mass is 513 g/mol. The summed E-state index contributed by atoms with van der Waals surface area (Å²) in [7, 11) is 0. The molecular formula is C28H20FN3O4S. The first-order chi connectivity index (χ1) is 17.9. The quantitative estimate of drug-likeness (QED) is 0.296. The van der Waals surface area contributed by atoms with Gasteiger partial charge in [-0.05, 0) is 79.7 Å². The number of anilines is 3. The van der Waals surface area contributed by atoms with Crippen molar-refractivity contribution in [2.24, 2.45) is 0 Å². The molecule has 0 aliphatic carbocycles. The Morgan fingerprint density at radius 1 is 0.865 bits per heavy atom. The van der Waals surface area contributed by atoms with Crippen LogP contribution < -0.4 is 15.5 Å². The summed E-state index contributed by atoms with van der Waals surface area (Å²) in [5.41, 5.74) is 2.55. The number of carbonyl (C=O) groups is 3. The van der Waals surface area contributed by atoms with Crippen molar-refractivity contribution in [3.63, 3.8) is 0 Å². The lowest BCUT2D eigenvalue weighted by molar-refractivity contribution is -0.120. The van der Waals surface area contributed by atoms with Gasteiger partial charge in [-0.15, -0.1) is 0 Å². The number of aryl methyl sites for hydroxylation is 1. The van der Waals surface area contributed by atoms with Gasteiger partial charge < -0.3 is 15.1 Å². The standard InChI is InChI=1S/C28H20FN3O4S/c1-17-4-12-21(13-5-17)32-27(34)24(30-19-8-6-18(29)7-9-19)25(28(32)35)37-22-14-10-20(11-15-22)31-26(33)23-3-2-16-36-23/h2-16,30H,1H3,(H,31,33). The number of carbonyl (C=O) groups excluding carboxylic acids is 3. The predicted molar refractivity (Wildman–Crippen MR) is 140 cm³/mol. The fourth-order valence-corrected chi connectivity index (χ4v) is 4.57. The number of imide groups is 1. The van der Waals surface area contributed by atoms with E-state index in [0.29, 0.717) is 22.0 Å². The lowest BCUT2D eigenvalue weighted by Gasteiger charge is -2.15. The number of hydrogen-bond donors (Lipinski definition) is 2. The molecule has 1 aliphatic heterocycles. The van der Waals surface area contributed by atoms with Crippen LogP contribution >= 0.6 is 11.8 Å². The third-order valence-electron chi connectivity index (χ3n) is 5.52. The predicted octanol–water partition coefficient (Wildman–Crippen LogP) is 5.97. The maximum absolute atomic E-state index is 13.5. The van der Waals surface area contributed by atoms with Crippen LogP contribution in [0.5, 0.6) is 0 Å². The van der Waals surface area contributed by atoms with Crippen LogP contribution in [0.4, 0.5) is 21.5 Å². The van der Waals surface area contributed by atoms with E-state index >= 15 is 0 Å². The molecule has 4 aromatic rings. The van der Waals surface area contributed by atoms with Crippen LogP contribution in [0.1, 0.15) is 16.1 Å². The first-order valence-electron chi connectivity index (χ1n) is 11.2. The van der Waals surface area contributed by atoms with Crippen LogP contribution in [0.15, 0.2) is 111 Å². The first-order valence-corrected chi connectivity index (χ1v) is 12.1. The van der Waals surface area contributed by atoms with Gasteiger partial charge in [0.1, 0.15) is 16.4 Å². The van der Waals surface area contributed by atoms with E-state index in [2.05, 4.69) is 10.6 Å². The third-order valence-corrected chi connectivity index (χ3v) is 6.61. The highest BCUT2D eigenvalue weighted by atomic mass is 32.2. The topological polar surface area (TPSA) is 91.7 Å². The second-order valence-electron chi connectivity index (χ2n) is 8.18. The largest absolute Gasteiger partial charge is 0.459 e. The second kappa shape index (κ2) is 10.2. The Bertz CT molecular complexity index is 1500. The molecule has 3 aromatic carbocycles. The van der Waals surface area contributed by atoms with Gasteiger partial charge in [-0.25, -0.2) is 9.29 Å². The molecule has 0 fully saturated rings. The van der Waals surface area contributed by atoms with E-state index < -0.39 is 17.6 Å². The van der Waals surface area contributed by atoms with E-state index in [1.54, 1.807) is 48.5 Å². The van der Waals surface area contributed by atoms with Crippen molar-refractivity contribution in [3.05, 3.63) is 119 Å². The lowest BCUT2D eigenvalue weighted by Crippen LogP contribution is -2.32. The number of thioether (sulfide) groups is 1. The minimum absolute atomic E-state index is 0.0948. The zero-order valence-electron chi connectivity index (χ0n) is 19.5. The Balaban J connectivity index is 1.42. The van der Waals surface area contributed by atoms with Crippen LogP contribution in [-0.4, -0.2) is 17.7 Å². The van der Waals surface area contributed by atoms with Gasteiger partial charge in [0.05, 0.1) is 12.0 Å². The number of rotatable bonds is 7. The summed E-state index contributed by atoms with van der Waals surface area (Å²) >= 11 is 1.12. The number of halogens is 1. The van der Waals surface area contributed by atoms with Crippen molar-refractivity contribution < 1.29 is 23.2 Å². The van der Waals surface area contributed by atoms with Crippen LogP contribution in [0.3, 0.4) is 0 Å². The molecule has 0 spiro atoms. The van der Waals surface area contributed by atoms with Crippen molar-refractivity contribution >= 4 is 46.5 Å². The molecule has 5 rings (SSSR count). The second-order valence-corrected chi connectivity index (χ2v) is 9.26. The molecule has 2 N–H and O–H groups in total. The van der Waals surface area contributed by atoms with Gasteiger partial charge in [0.2, 0.25) is 0 Å². The Morgan fingerprint density at radius 2 is 1.54 bits per heavy atom. The number of benzene rings is 3. The van der Waals surface area contributed by atoms with Crippen molar-refractivity contribution in [2.45, 2.75) is 11.8 Å². The molecule has 184 valence electrons. The van der Waals surface area contributed by atoms with Gasteiger partial charge in [0, 0.05) is 16.3 Å². The van der Waals surface area contributed by atoms with Crippen molar-refractivity contribution in [1.29, 1.82) is 0 Å². The summed E-state index contributed by atoms with van der Waals surface area (Å²) in [5, 5.41) is 5.73. The smallest absolute Gasteiger partial charge is 0.291 e. The molecule has 2 heterocycles. The van der Waals surface area contributed by atoms with Crippen molar-refractivity contribution in [3.8, 4) is 0 Å². The Labute approximate surface area is 216 Å². The zero-order chi connectivity index (χ0) is 25.9. The number of hydrogen-bond acceptors (Lipinski definition) is 6. The molecular weight excluding hydrogens is 493 g/mol. The van der Waals surface area contributed by atoms with Crippen LogP contribution in [0, 0.1) is 12.7 Å². The molecule has 9 heteroatoms. The highest BCUT2D eigenvalue weighted by molar-refractivity contribution is 8.04. The average Bonchev–Trinajstić information content (AvgIpc) is 3.51. The molecule has 0 unspecified atom stereocenters. The summed E-state index contributed by atoms with van der Waals surface area (Å²) in [6.45, 7) is 1.92. The molecule has 0 saturated carbocycles. The molecule has 0 bridgehead atoms. The number of nitrogens with one attached hydrogen (secondary N) is 2. The van der Waals surface area contributed by atoms with Crippen LogP contribution in [-0.2, 0) is 9.59 Å². The minimum atomic E-state index is -0.511. The summed E-state index contributed by atoms with van der Waals surface area (Å²) in [6.07, 6.45) is 1.42. The lowest BCUT2D eigenvalue weighted by atomic mass is 10.2. The maximum atomic E-state index is 13.5. The Hall–Kier alpha value is -4.63. The first kappa shape index (κ1) is 24.1. The van der Waals surface area contributed by atoms with E-state index in [1.807, 2.05) is 19.1 Å². The molecule has 0 saturated heterocycles. The minimum Gasteiger partial charge on any atom is -0.459 e. The van der Waals surface area contributed by atoms with E-state index in [4.69, 9.17) is 4.42 Å². The summed E-state index contributed by atoms with van der Waals surface area (Å²) in [5.74, 6) is -1.60. The van der Waals surface area contributed by atoms with Crippen LogP contribution in [0.25, 0.3) is 0 Å². The Morgan fingerprint density at radius 3 is 2.19 bits per heavy atom. The molecule has 0 atom stereocenters. The number of amides is 3. The van der Waals surface area contributed by atoms with Gasteiger partial charge in [0.15, 0.2) is 5.76 Å². The van der Waals surface area contributed by atoms with Gasteiger partial charge in [-0.3, -0.25) is 14.4 Å². The molecule has 1 aromatic heterocycles. The van der Waals surface area contributed by atoms with Crippen LogP contribution in [0.2, 0.25) is 0 Å². The summed E-state index contributed by atoms with van der Waals surface area (Å²) in [4.78, 5) is 41.1. The highest BCUT2D eigenvalue weighted by Gasteiger charge is 2.40. The molecule has 0 radical (unpaired) electrons. The zero-order valence-corrected chi connectivity index (χ0v) is 20.3. The van der Waals surface area contributed by atoms with Gasteiger partial charge in [-0.2, -0.15) is 0 Å². The Kier molecular flexibility index (Phi) is 6.61. The normalized spacial score (nSPS) is 13.3. The van der Waals surface area contributed by atoms with E-state index in [-0.39, 0.29) is 22.3 Å². The summed E-state index contributed by atoms with van der Waals surface area (Å²) < 4.78 is 18.5. The molecule has 3 amide bonds. The van der Waals surface area contributed by atoms with Gasteiger partial charge in [0.25, 0.3) is 17.7 Å². The summed E-state index contributed by atoms with van der Waals surface area (Å²) in [6, 6.07) is 22.6. The molecule has 1 aliphatic rings. The maximum Gasteiger partial charge on any atom is 0.291 e. The molecule has 7 nitrogen and oxygen atoms in total. The average molecular weight is 514 g/mol. The SMILES string of the molecule is Cc1ccc(N2C(=O)C(Nc3ccc(F)cc3)=C(Sc3ccc(NC(=O)c4ccco4)cc3)C2=O)cc1. The van der Waals surface area contributed by atoms with Crippen molar-refractivity contribution in [1.82, 2.24) is 0 Å². The van der Waals surface area contributed by atoms with Gasteiger partial charge >= 0.3 is 0 Å². The van der Waals surface area contributed by atoms with E-state index in [1.165, 1.54) is 30.5 Å². The van der Waals surface area contributed by atoms with E-state index in [9.17, 15) is 18.8 Å².